The molecule has 2 fully saturated rings. The Kier molecular flexibility index (Phi) is 5.13. The third kappa shape index (κ3) is 3.78. The van der Waals surface area contributed by atoms with Gasteiger partial charge in [0.1, 0.15) is 6.10 Å². The van der Waals surface area contributed by atoms with Gasteiger partial charge in [-0.3, -0.25) is 10.1 Å². The number of primary amides is 1. The van der Waals surface area contributed by atoms with E-state index in [1.165, 1.54) is 17.4 Å². The van der Waals surface area contributed by atoms with Crippen molar-refractivity contribution in [2.45, 2.75) is 18.9 Å². The highest BCUT2D eigenvalue weighted by molar-refractivity contribution is 7.22. The van der Waals surface area contributed by atoms with Crippen molar-refractivity contribution in [1.29, 1.82) is 0 Å². The van der Waals surface area contributed by atoms with Gasteiger partial charge in [0.15, 0.2) is 10.8 Å². The monoisotopic (exact) mass is 408 g/mol. The summed E-state index contributed by atoms with van der Waals surface area (Å²) in [6, 6.07) is 1.53. The van der Waals surface area contributed by atoms with Gasteiger partial charge in [0, 0.05) is 25.7 Å². The number of hydrogen-bond acceptors (Lipinski definition) is 10. The molecule has 2 saturated heterocycles. The van der Waals surface area contributed by atoms with Crippen LogP contribution in [0.5, 0.6) is 0 Å². The van der Waals surface area contributed by atoms with Crippen LogP contribution in [0.3, 0.4) is 0 Å². The van der Waals surface area contributed by atoms with Crippen LogP contribution >= 0.6 is 11.3 Å². The van der Waals surface area contributed by atoms with Crippen molar-refractivity contribution in [1.82, 2.24) is 9.97 Å². The fraction of sp³-hybridized carbons (Fsp3) is 0.562. The van der Waals surface area contributed by atoms with Gasteiger partial charge < -0.3 is 25.0 Å². The number of fused-ring (bicyclic) bond motifs is 1. The molecule has 1 amide bonds. The molecule has 2 aliphatic rings. The van der Waals surface area contributed by atoms with Gasteiger partial charge in [-0.1, -0.05) is 11.3 Å². The fourth-order valence-corrected chi connectivity index (χ4v) is 4.47. The molecule has 1 atom stereocenters. The van der Waals surface area contributed by atoms with Crippen LogP contribution in [-0.4, -0.2) is 66.5 Å². The molecule has 2 aromatic heterocycles. The van der Waals surface area contributed by atoms with E-state index < -0.39 is 17.1 Å². The van der Waals surface area contributed by atoms with E-state index in [4.69, 9.17) is 15.2 Å². The molecule has 4 heterocycles. The second kappa shape index (κ2) is 7.72. The van der Waals surface area contributed by atoms with E-state index >= 15 is 0 Å². The predicted molar refractivity (Wildman–Crippen MR) is 103 cm³/mol. The standard InChI is InChI=1S/C16H20N6O5S/c17-15(23)27-10-2-1-3-21(9-10)14-11(22(24)25)8-12-13(18-14)19-16(28-12)20-4-6-26-7-5-20/h8,10H,1-7,9H2,(H2,17,23). The molecular formula is C16H20N6O5S. The molecule has 0 bridgehead atoms. The number of nitro groups is 1. The number of hydrogen-bond donors (Lipinski definition) is 1. The van der Waals surface area contributed by atoms with Gasteiger partial charge in [0.25, 0.3) is 0 Å². The van der Waals surface area contributed by atoms with Crippen LogP contribution < -0.4 is 15.5 Å². The number of ether oxygens (including phenoxy) is 2. The van der Waals surface area contributed by atoms with Crippen LogP contribution in [0.1, 0.15) is 12.8 Å². The summed E-state index contributed by atoms with van der Waals surface area (Å²) in [4.78, 5) is 35.2. The second-order valence-corrected chi connectivity index (χ2v) is 7.66. The number of carbonyl (C=O) groups excluding carboxylic acids is 1. The van der Waals surface area contributed by atoms with E-state index in [0.717, 1.165) is 18.2 Å². The zero-order valence-corrected chi connectivity index (χ0v) is 15.9. The molecule has 11 nitrogen and oxygen atoms in total. The van der Waals surface area contributed by atoms with Crippen molar-refractivity contribution < 1.29 is 19.2 Å². The van der Waals surface area contributed by atoms with Crippen molar-refractivity contribution in [3.63, 3.8) is 0 Å². The number of nitrogens with two attached hydrogens (primary N) is 1. The molecule has 0 radical (unpaired) electrons. The van der Waals surface area contributed by atoms with Crippen LogP contribution in [0.4, 0.5) is 21.4 Å². The molecule has 2 N–H and O–H groups in total. The Balaban J connectivity index is 1.67. The second-order valence-electron chi connectivity index (χ2n) is 6.65. The molecule has 4 rings (SSSR count). The van der Waals surface area contributed by atoms with Gasteiger partial charge in [0.05, 0.1) is 29.4 Å². The zero-order valence-electron chi connectivity index (χ0n) is 15.1. The maximum absolute atomic E-state index is 11.7. The number of morpholine rings is 1. The number of pyridine rings is 1. The summed E-state index contributed by atoms with van der Waals surface area (Å²) in [5.74, 6) is 0.245. The number of nitrogens with zero attached hydrogens (tertiary/aromatic N) is 5. The first-order chi connectivity index (χ1) is 13.5. The van der Waals surface area contributed by atoms with Crippen LogP contribution in [0, 0.1) is 10.1 Å². The maximum Gasteiger partial charge on any atom is 0.404 e. The Morgan fingerprint density at radius 2 is 2.11 bits per heavy atom. The van der Waals surface area contributed by atoms with Gasteiger partial charge in [0.2, 0.25) is 5.82 Å². The number of rotatable bonds is 4. The lowest BCUT2D eigenvalue weighted by Gasteiger charge is -2.32. The third-order valence-corrected chi connectivity index (χ3v) is 5.82. The van der Waals surface area contributed by atoms with Crippen molar-refractivity contribution in [2.24, 2.45) is 5.73 Å². The summed E-state index contributed by atoms with van der Waals surface area (Å²) in [5, 5.41) is 12.4. The highest BCUT2D eigenvalue weighted by Gasteiger charge is 2.30. The van der Waals surface area contributed by atoms with E-state index in [1.807, 2.05) is 0 Å². The molecule has 0 aliphatic carbocycles. The molecule has 0 spiro atoms. The topological polar surface area (TPSA) is 137 Å². The third-order valence-electron chi connectivity index (χ3n) is 4.77. The lowest BCUT2D eigenvalue weighted by atomic mass is 10.1. The Bertz CT molecular complexity index is 899. The molecule has 0 saturated carbocycles. The summed E-state index contributed by atoms with van der Waals surface area (Å²) in [5.41, 5.74) is 5.51. The van der Waals surface area contributed by atoms with E-state index in [-0.39, 0.29) is 11.5 Å². The first-order valence-electron chi connectivity index (χ1n) is 9.01. The first kappa shape index (κ1) is 18.6. The molecule has 150 valence electrons. The maximum atomic E-state index is 11.7. The Hall–Kier alpha value is -2.73. The average molecular weight is 408 g/mol. The fourth-order valence-electron chi connectivity index (χ4n) is 3.48. The molecule has 0 aromatic carbocycles. The van der Waals surface area contributed by atoms with Gasteiger partial charge in [-0.05, 0) is 12.8 Å². The SMILES string of the molecule is NC(=O)OC1CCCN(c2nc3nc(N4CCOCC4)sc3cc2[N+](=O)[O-])C1. The van der Waals surface area contributed by atoms with Gasteiger partial charge in [-0.2, -0.15) is 4.98 Å². The number of aromatic nitrogens is 2. The molecule has 28 heavy (non-hydrogen) atoms. The van der Waals surface area contributed by atoms with E-state index in [9.17, 15) is 14.9 Å². The lowest BCUT2D eigenvalue weighted by Crippen LogP contribution is -2.42. The highest BCUT2D eigenvalue weighted by Crippen LogP contribution is 2.36. The minimum Gasteiger partial charge on any atom is -0.445 e. The first-order valence-corrected chi connectivity index (χ1v) is 9.82. The lowest BCUT2D eigenvalue weighted by molar-refractivity contribution is -0.384. The Morgan fingerprint density at radius 1 is 1.32 bits per heavy atom. The average Bonchev–Trinajstić information content (AvgIpc) is 3.10. The number of anilines is 2. The largest absolute Gasteiger partial charge is 0.445 e. The summed E-state index contributed by atoms with van der Waals surface area (Å²) in [7, 11) is 0. The number of piperidine rings is 1. The van der Waals surface area contributed by atoms with Gasteiger partial charge >= 0.3 is 11.8 Å². The van der Waals surface area contributed by atoms with Crippen LogP contribution in [-0.2, 0) is 9.47 Å². The van der Waals surface area contributed by atoms with Crippen LogP contribution in [0.25, 0.3) is 10.3 Å². The van der Waals surface area contributed by atoms with E-state index in [1.54, 1.807) is 4.90 Å². The normalized spacial score (nSPS) is 20.4. The van der Waals surface area contributed by atoms with E-state index in [2.05, 4.69) is 14.9 Å². The van der Waals surface area contributed by atoms with Crippen molar-refractivity contribution >= 4 is 44.4 Å². The highest BCUT2D eigenvalue weighted by atomic mass is 32.1. The Morgan fingerprint density at radius 3 is 2.82 bits per heavy atom. The zero-order chi connectivity index (χ0) is 19.7. The van der Waals surface area contributed by atoms with Crippen LogP contribution in [0.2, 0.25) is 0 Å². The summed E-state index contributed by atoms with van der Waals surface area (Å²) in [6.45, 7) is 3.61. The van der Waals surface area contributed by atoms with Gasteiger partial charge in [-0.15, -0.1) is 0 Å². The molecule has 2 aliphatic heterocycles. The molecule has 1 unspecified atom stereocenters. The Labute approximate surface area is 164 Å². The number of carbonyl (C=O) groups is 1. The van der Waals surface area contributed by atoms with Crippen LogP contribution in [0.15, 0.2) is 6.07 Å². The molecular weight excluding hydrogens is 388 g/mol. The van der Waals surface area contributed by atoms with Crippen molar-refractivity contribution in [3.8, 4) is 0 Å². The predicted octanol–water partition coefficient (Wildman–Crippen LogP) is 1.50. The minimum absolute atomic E-state index is 0.0793. The summed E-state index contributed by atoms with van der Waals surface area (Å²) in [6.07, 6.45) is 0.111. The number of amides is 1. The molecule has 12 heteroatoms. The number of thiazole rings is 1. The summed E-state index contributed by atoms with van der Waals surface area (Å²) >= 11 is 1.39. The minimum atomic E-state index is -0.848. The summed E-state index contributed by atoms with van der Waals surface area (Å²) < 4.78 is 11.1. The van der Waals surface area contributed by atoms with Crippen molar-refractivity contribution in [3.05, 3.63) is 16.2 Å². The molecule has 2 aromatic rings. The quantitative estimate of drug-likeness (QED) is 0.589. The van der Waals surface area contributed by atoms with Crippen molar-refractivity contribution in [2.75, 3.05) is 49.2 Å². The van der Waals surface area contributed by atoms with Gasteiger partial charge in [-0.25, -0.2) is 9.78 Å². The smallest absolute Gasteiger partial charge is 0.404 e. The van der Waals surface area contributed by atoms with E-state index in [0.29, 0.717) is 49.5 Å².